The van der Waals surface area contributed by atoms with Crippen LogP contribution in [0.25, 0.3) is 55.2 Å². The van der Waals surface area contributed by atoms with Crippen molar-refractivity contribution in [2.45, 2.75) is 0 Å². The summed E-state index contributed by atoms with van der Waals surface area (Å²) in [6.45, 7) is 0. The van der Waals surface area contributed by atoms with Gasteiger partial charge in [0.25, 0.3) is 0 Å². The normalized spacial score (nSPS) is 11.6. The predicted molar refractivity (Wildman–Crippen MR) is 196 cm³/mol. The molecule has 8 rings (SSSR count). The molecule has 0 aliphatic carbocycles. The van der Waals surface area contributed by atoms with Crippen molar-refractivity contribution in [2.75, 3.05) is 0 Å². The van der Waals surface area contributed by atoms with Crippen LogP contribution in [-0.4, -0.2) is 9.88 Å². The second-order valence-electron chi connectivity index (χ2n) is 11.5. The van der Waals surface area contributed by atoms with Crippen LogP contribution in [0.1, 0.15) is 0 Å². The van der Waals surface area contributed by atoms with Crippen LogP contribution in [0.4, 0.5) is 0 Å². The fraction of sp³-hybridized carbons (Fsp3) is 0. The fourth-order valence-electron chi connectivity index (χ4n) is 6.50. The minimum atomic E-state index is -2.84. The molecular formula is C43H31NOP+. The van der Waals surface area contributed by atoms with Gasteiger partial charge in [0.1, 0.15) is 15.9 Å². The zero-order valence-electron chi connectivity index (χ0n) is 25.2. The highest BCUT2D eigenvalue weighted by atomic mass is 31.2. The first-order valence-electron chi connectivity index (χ1n) is 15.5. The summed E-state index contributed by atoms with van der Waals surface area (Å²) in [5.41, 5.74) is 7.42. The van der Waals surface area contributed by atoms with Crippen molar-refractivity contribution in [1.29, 1.82) is 0 Å². The lowest BCUT2D eigenvalue weighted by Gasteiger charge is -2.20. The molecule has 0 unspecified atom stereocenters. The SMILES string of the molecule is O[P+](c1ccccc1)(c1ccccc1)c1ccc(-c2cc3ccccc3c3c(-c4ccccc4)cc(-c4ccccc4)nc23)cc1. The number of pyridine rings is 1. The molecule has 0 bridgehead atoms. The molecule has 8 aromatic rings. The van der Waals surface area contributed by atoms with E-state index in [9.17, 15) is 4.89 Å². The molecule has 218 valence electrons. The van der Waals surface area contributed by atoms with Crippen molar-refractivity contribution >= 4 is 45.1 Å². The van der Waals surface area contributed by atoms with Gasteiger partial charge in [0.2, 0.25) is 7.49 Å². The number of hydrogen-bond donors (Lipinski definition) is 1. The van der Waals surface area contributed by atoms with E-state index in [-0.39, 0.29) is 0 Å². The van der Waals surface area contributed by atoms with Crippen molar-refractivity contribution in [1.82, 2.24) is 4.98 Å². The molecule has 46 heavy (non-hydrogen) atoms. The molecule has 0 aliphatic rings. The van der Waals surface area contributed by atoms with Gasteiger partial charge in [-0.25, -0.2) is 9.88 Å². The summed E-state index contributed by atoms with van der Waals surface area (Å²) in [4.78, 5) is 17.9. The first-order chi connectivity index (χ1) is 22.7. The van der Waals surface area contributed by atoms with Crippen LogP contribution < -0.4 is 15.9 Å². The number of fused-ring (bicyclic) bond motifs is 3. The average molecular weight is 609 g/mol. The van der Waals surface area contributed by atoms with Gasteiger partial charge in [-0.3, -0.25) is 0 Å². The molecule has 0 atom stereocenters. The summed E-state index contributed by atoms with van der Waals surface area (Å²) >= 11 is 0. The van der Waals surface area contributed by atoms with Crippen LogP contribution in [0, 0.1) is 0 Å². The van der Waals surface area contributed by atoms with E-state index in [4.69, 9.17) is 4.98 Å². The smallest absolute Gasteiger partial charge is 0.238 e. The van der Waals surface area contributed by atoms with Gasteiger partial charge in [-0.15, -0.1) is 0 Å². The minimum absolute atomic E-state index is 0.918. The quantitative estimate of drug-likeness (QED) is 0.151. The van der Waals surface area contributed by atoms with Gasteiger partial charge in [-0.2, -0.15) is 0 Å². The summed E-state index contributed by atoms with van der Waals surface area (Å²) in [5, 5.41) is 6.27. The Morgan fingerprint density at radius 1 is 0.413 bits per heavy atom. The first-order valence-corrected chi connectivity index (χ1v) is 17.3. The van der Waals surface area contributed by atoms with Gasteiger partial charge in [-0.05, 0) is 76.0 Å². The van der Waals surface area contributed by atoms with Crippen molar-refractivity contribution in [3.05, 3.63) is 182 Å². The van der Waals surface area contributed by atoms with E-state index in [1.807, 2.05) is 66.7 Å². The molecule has 0 radical (unpaired) electrons. The highest BCUT2D eigenvalue weighted by molar-refractivity contribution is 7.91. The standard InChI is InChI=1S/C43H31NOP/c45-46(35-20-9-3-10-21-35,36-22-11-4-12-23-36)37-27-25-32(26-28-37)40-29-34-19-13-14-24-38(34)42-39(31-15-5-1-6-16-31)30-41(44-43(40)42)33-17-7-2-8-18-33/h1-30,45H/q+1. The van der Waals surface area contributed by atoms with Gasteiger partial charge in [0.15, 0.2) is 0 Å². The molecule has 1 N–H and O–H groups in total. The lowest BCUT2D eigenvalue weighted by atomic mass is 9.90. The number of rotatable bonds is 6. The molecule has 2 nitrogen and oxygen atoms in total. The van der Waals surface area contributed by atoms with Gasteiger partial charge in [0.05, 0.1) is 11.2 Å². The third kappa shape index (κ3) is 4.89. The summed E-state index contributed by atoms with van der Waals surface area (Å²) in [6, 6.07) is 62.7. The number of benzene rings is 7. The van der Waals surface area contributed by atoms with Crippen LogP contribution in [-0.2, 0) is 0 Å². The Labute approximate surface area is 269 Å². The molecule has 0 fully saturated rings. The van der Waals surface area contributed by atoms with Crippen LogP contribution in [0.2, 0.25) is 0 Å². The molecule has 0 spiro atoms. The zero-order valence-corrected chi connectivity index (χ0v) is 26.1. The number of nitrogens with zero attached hydrogens (tertiary/aromatic N) is 1. The third-order valence-electron chi connectivity index (χ3n) is 8.77. The van der Waals surface area contributed by atoms with Crippen LogP contribution in [0.5, 0.6) is 0 Å². The Balaban J connectivity index is 1.38. The van der Waals surface area contributed by atoms with Crippen LogP contribution in [0.3, 0.4) is 0 Å². The molecule has 3 heteroatoms. The Morgan fingerprint density at radius 2 is 0.891 bits per heavy atom. The Hall–Kier alpha value is -5.40. The number of hydrogen-bond acceptors (Lipinski definition) is 2. The maximum absolute atomic E-state index is 12.5. The Bertz CT molecular complexity index is 2250. The first kappa shape index (κ1) is 28.1. The van der Waals surface area contributed by atoms with E-state index in [1.54, 1.807) is 0 Å². The lowest BCUT2D eigenvalue weighted by Crippen LogP contribution is -2.30. The molecule has 0 aliphatic heterocycles. The molecule has 1 heterocycles. The van der Waals surface area contributed by atoms with E-state index >= 15 is 0 Å². The van der Waals surface area contributed by atoms with Crippen LogP contribution in [0.15, 0.2) is 182 Å². The molecular weight excluding hydrogens is 577 g/mol. The topological polar surface area (TPSA) is 33.1 Å². The lowest BCUT2D eigenvalue weighted by molar-refractivity contribution is 0.633. The average Bonchev–Trinajstić information content (AvgIpc) is 3.15. The zero-order chi connectivity index (χ0) is 30.9. The molecule has 0 saturated heterocycles. The van der Waals surface area contributed by atoms with Crippen molar-refractivity contribution in [2.24, 2.45) is 0 Å². The van der Waals surface area contributed by atoms with E-state index < -0.39 is 7.49 Å². The molecule has 1 aromatic heterocycles. The van der Waals surface area contributed by atoms with E-state index in [1.165, 1.54) is 5.39 Å². The summed E-state index contributed by atoms with van der Waals surface area (Å²) < 4.78 is 0. The Morgan fingerprint density at radius 3 is 1.50 bits per heavy atom. The highest BCUT2D eigenvalue weighted by Crippen LogP contribution is 2.51. The van der Waals surface area contributed by atoms with E-state index in [2.05, 4.69) is 115 Å². The van der Waals surface area contributed by atoms with Crippen molar-refractivity contribution in [3.8, 4) is 33.5 Å². The molecule has 0 amide bonds. The predicted octanol–water partition coefficient (Wildman–Crippen LogP) is 9.59. The monoisotopic (exact) mass is 608 g/mol. The highest BCUT2D eigenvalue weighted by Gasteiger charge is 2.44. The maximum Gasteiger partial charge on any atom is 0.238 e. The van der Waals surface area contributed by atoms with Gasteiger partial charge in [-0.1, -0.05) is 133 Å². The van der Waals surface area contributed by atoms with Crippen LogP contribution >= 0.6 is 7.49 Å². The summed E-state index contributed by atoms with van der Waals surface area (Å²) in [6.07, 6.45) is 0. The minimum Gasteiger partial charge on any atom is -0.247 e. The van der Waals surface area contributed by atoms with Gasteiger partial charge >= 0.3 is 0 Å². The van der Waals surface area contributed by atoms with Crippen molar-refractivity contribution < 1.29 is 4.89 Å². The second-order valence-corrected chi connectivity index (χ2v) is 14.3. The van der Waals surface area contributed by atoms with E-state index in [0.717, 1.165) is 65.7 Å². The fourth-order valence-corrected chi connectivity index (χ4v) is 9.18. The Kier molecular flexibility index (Phi) is 7.23. The molecule has 0 saturated carbocycles. The molecule has 7 aromatic carbocycles. The summed E-state index contributed by atoms with van der Waals surface area (Å²) in [7, 11) is -2.84. The van der Waals surface area contributed by atoms with Crippen molar-refractivity contribution in [3.63, 3.8) is 0 Å². The van der Waals surface area contributed by atoms with E-state index in [0.29, 0.717) is 0 Å². The second kappa shape index (κ2) is 11.8. The number of aromatic nitrogens is 1. The third-order valence-corrected chi connectivity index (χ3v) is 11.9. The largest absolute Gasteiger partial charge is 0.247 e. The van der Waals surface area contributed by atoms with Gasteiger partial charge < -0.3 is 0 Å². The maximum atomic E-state index is 12.5. The summed E-state index contributed by atoms with van der Waals surface area (Å²) in [5.74, 6) is 0. The van der Waals surface area contributed by atoms with Gasteiger partial charge in [0, 0.05) is 16.5 Å².